The van der Waals surface area contributed by atoms with Crippen molar-refractivity contribution in [3.8, 4) is 0 Å². The van der Waals surface area contributed by atoms with Crippen LogP contribution in [0.5, 0.6) is 0 Å². The fourth-order valence-electron chi connectivity index (χ4n) is 2.77. The number of nitrogens with zero attached hydrogens (tertiary/aromatic N) is 2. The molecular weight excluding hydrogens is 493 g/mol. The van der Waals surface area contributed by atoms with Crippen molar-refractivity contribution < 1.29 is 13.2 Å². The van der Waals surface area contributed by atoms with Crippen LogP contribution in [0.4, 0.5) is 5.69 Å². The lowest BCUT2D eigenvalue weighted by molar-refractivity contribution is -0.119. The summed E-state index contributed by atoms with van der Waals surface area (Å²) < 4.78 is 27.5. The van der Waals surface area contributed by atoms with Crippen molar-refractivity contribution in [2.45, 2.75) is 11.8 Å². The Morgan fingerprint density at radius 3 is 2.25 bits per heavy atom. The predicted molar refractivity (Wildman–Crippen MR) is 129 cm³/mol. The van der Waals surface area contributed by atoms with Crippen LogP contribution in [0, 0.1) is 0 Å². The van der Waals surface area contributed by atoms with Crippen molar-refractivity contribution in [1.82, 2.24) is 5.43 Å². The monoisotopic (exact) mass is 509 g/mol. The second kappa shape index (κ2) is 10.4. The highest BCUT2D eigenvalue weighted by Crippen LogP contribution is 2.35. The van der Waals surface area contributed by atoms with E-state index in [1.165, 1.54) is 24.3 Å². The number of anilines is 1. The van der Waals surface area contributed by atoms with Crippen molar-refractivity contribution in [3.63, 3.8) is 0 Å². The molecule has 0 fully saturated rings. The molecule has 0 aromatic heterocycles. The molecule has 32 heavy (non-hydrogen) atoms. The molecule has 0 aliphatic carbocycles. The van der Waals surface area contributed by atoms with Crippen LogP contribution in [0.15, 0.2) is 82.8 Å². The van der Waals surface area contributed by atoms with E-state index in [0.717, 1.165) is 9.87 Å². The van der Waals surface area contributed by atoms with E-state index >= 15 is 0 Å². The Morgan fingerprint density at radius 2 is 1.59 bits per heavy atom. The second-order valence-electron chi connectivity index (χ2n) is 6.64. The van der Waals surface area contributed by atoms with Crippen LogP contribution < -0.4 is 9.73 Å². The summed E-state index contributed by atoms with van der Waals surface area (Å²) in [5, 5.41) is 4.81. The van der Waals surface area contributed by atoms with E-state index in [1.54, 1.807) is 55.5 Å². The molecule has 0 aliphatic rings. The zero-order chi connectivity index (χ0) is 23.3. The zero-order valence-corrected chi connectivity index (χ0v) is 19.9. The minimum atomic E-state index is -4.12. The van der Waals surface area contributed by atoms with E-state index in [9.17, 15) is 13.2 Å². The predicted octanol–water partition coefficient (Wildman–Crippen LogP) is 5.38. The van der Waals surface area contributed by atoms with Crippen LogP contribution in [0.25, 0.3) is 0 Å². The fourth-order valence-corrected chi connectivity index (χ4v) is 4.80. The highest BCUT2D eigenvalue weighted by Gasteiger charge is 2.29. The van der Waals surface area contributed by atoms with Gasteiger partial charge in [-0.05, 0) is 48.9 Å². The number of benzene rings is 3. The van der Waals surface area contributed by atoms with Crippen LogP contribution in [0.1, 0.15) is 12.5 Å². The minimum Gasteiger partial charge on any atom is -0.271 e. The standard InChI is InChI=1S/C22H18Cl3N3O3S/c1-15(16-10-12-17(23)13-11-16)26-27-21(29)14-28(20-9-5-8-19(24)22(20)25)32(30,31)18-6-3-2-4-7-18/h2-13H,14H2,1H3,(H,27,29)/b26-15-. The van der Waals surface area contributed by atoms with Gasteiger partial charge in [0.05, 0.1) is 26.3 Å². The van der Waals surface area contributed by atoms with Gasteiger partial charge in [0.15, 0.2) is 0 Å². The summed E-state index contributed by atoms with van der Waals surface area (Å²) in [6.07, 6.45) is 0. The fraction of sp³-hybridized carbons (Fsp3) is 0.0909. The van der Waals surface area contributed by atoms with Gasteiger partial charge in [0, 0.05) is 5.02 Å². The number of nitrogens with one attached hydrogen (secondary N) is 1. The van der Waals surface area contributed by atoms with Crippen molar-refractivity contribution in [3.05, 3.63) is 93.4 Å². The lowest BCUT2D eigenvalue weighted by Gasteiger charge is -2.25. The molecule has 1 amide bonds. The first-order chi connectivity index (χ1) is 15.2. The largest absolute Gasteiger partial charge is 0.271 e. The smallest absolute Gasteiger partial charge is 0.264 e. The molecule has 10 heteroatoms. The number of halogens is 3. The quantitative estimate of drug-likeness (QED) is 0.342. The molecule has 3 aromatic rings. The summed E-state index contributed by atoms with van der Waals surface area (Å²) in [6, 6.07) is 19.2. The first-order valence-electron chi connectivity index (χ1n) is 9.31. The number of rotatable bonds is 7. The van der Waals surface area contributed by atoms with Crippen molar-refractivity contribution >= 4 is 62.1 Å². The van der Waals surface area contributed by atoms with Crippen LogP contribution in [-0.4, -0.2) is 26.6 Å². The summed E-state index contributed by atoms with van der Waals surface area (Å²) in [5.74, 6) is -0.658. The highest BCUT2D eigenvalue weighted by atomic mass is 35.5. The molecule has 0 radical (unpaired) electrons. The van der Waals surface area contributed by atoms with Gasteiger partial charge in [0.1, 0.15) is 6.54 Å². The van der Waals surface area contributed by atoms with E-state index in [4.69, 9.17) is 34.8 Å². The Kier molecular flexibility index (Phi) is 7.79. The molecule has 3 rings (SSSR count). The summed E-state index contributed by atoms with van der Waals surface area (Å²) in [7, 11) is -4.12. The van der Waals surface area contributed by atoms with Gasteiger partial charge in [-0.3, -0.25) is 9.10 Å². The van der Waals surface area contributed by atoms with Crippen LogP contribution >= 0.6 is 34.8 Å². The Balaban J connectivity index is 1.90. The summed E-state index contributed by atoms with van der Waals surface area (Å²) in [6.45, 7) is 1.14. The summed E-state index contributed by atoms with van der Waals surface area (Å²) >= 11 is 18.2. The Bertz CT molecular complexity index is 1250. The zero-order valence-electron chi connectivity index (χ0n) is 16.8. The average Bonchev–Trinajstić information content (AvgIpc) is 2.79. The first-order valence-corrected chi connectivity index (χ1v) is 11.9. The number of hydrazone groups is 1. The number of sulfonamides is 1. The lowest BCUT2D eigenvalue weighted by Crippen LogP contribution is -2.40. The van der Waals surface area contributed by atoms with Gasteiger partial charge in [-0.25, -0.2) is 13.8 Å². The van der Waals surface area contributed by atoms with Crippen molar-refractivity contribution in [2.24, 2.45) is 5.10 Å². The number of hydrogen-bond acceptors (Lipinski definition) is 4. The van der Waals surface area contributed by atoms with E-state index in [2.05, 4.69) is 10.5 Å². The maximum atomic E-state index is 13.3. The van der Waals surface area contributed by atoms with Crippen molar-refractivity contribution in [1.29, 1.82) is 0 Å². The molecule has 0 spiro atoms. The van der Waals surface area contributed by atoms with Gasteiger partial charge in [0.25, 0.3) is 15.9 Å². The molecule has 0 saturated heterocycles. The molecule has 0 heterocycles. The van der Waals surface area contributed by atoms with Crippen LogP contribution in [0.2, 0.25) is 15.1 Å². The third-order valence-corrected chi connectivity index (χ3v) is 7.26. The number of hydrogen-bond donors (Lipinski definition) is 1. The van der Waals surface area contributed by atoms with E-state index in [0.29, 0.717) is 10.7 Å². The Labute approximate surface area is 201 Å². The first kappa shape index (κ1) is 24.1. The topological polar surface area (TPSA) is 78.8 Å². The van der Waals surface area contributed by atoms with Crippen LogP contribution in [0.3, 0.4) is 0 Å². The summed E-state index contributed by atoms with van der Waals surface area (Å²) in [4.78, 5) is 12.7. The Morgan fingerprint density at radius 1 is 0.938 bits per heavy atom. The molecule has 3 aromatic carbocycles. The maximum absolute atomic E-state index is 13.3. The third kappa shape index (κ3) is 5.61. The van der Waals surface area contributed by atoms with E-state index in [-0.39, 0.29) is 20.6 Å². The van der Waals surface area contributed by atoms with Gasteiger partial charge in [-0.1, -0.05) is 71.2 Å². The molecule has 1 N–H and O–H groups in total. The van der Waals surface area contributed by atoms with Gasteiger partial charge in [-0.15, -0.1) is 0 Å². The average molecular weight is 511 g/mol. The molecule has 0 aliphatic heterocycles. The maximum Gasteiger partial charge on any atom is 0.264 e. The third-order valence-electron chi connectivity index (χ3n) is 4.43. The molecule has 0 bridgehead atoms. The molecule has 166 valence electrons. The molecule has 0 atom stereocenters. The van der Waals surface area contributed by atoms with Crippen LogP contribution in [-0.2, 0) is 14.8 Å². The number of carbonyl (C=O) groups is 1. The lowest BCUT2D eigenvalue weighted by atomic mass is 10.1. The van der Waals surface area contributed by atoms with Gasteiger partial charge >= 0.3 is 0 Å². The highest BCUT2D eigenvalue weighted by molar-refractivity contribution is 7.92. The minimum absolute atomic E-state index is 0.00434. The molecular formula is C22H18Cl3N3O3S. The SMILES string of the molecule is C/C(=N/NC(=O)CN(c1cccc(Cl)c1Cl)S(=O)(=O)c1ccccc1)c1ccc(Cl)cc1. The van der Waals surface area contributed by atoms with Gasteiger partial charge < -0.3 is 0 Å². The van der Waals surface area contributed by atoms with E-state index < -0.39 is 22.5 Å². The Hall–Kier alpha value is -2.58. The van der Waals surface area contributed by atoms with Crippen molar-refractivity contribution in [2.75, 3.05) is 10.8 Å². The molecule has 0 saturated carbocycles. The normalized spacial score (nSPS) is 11.8. The second-order valence-corrected chi connectivity index (χ2v) is 9.72. The number of amides is 1. The summed E-state index contributed by atoms with van der Waals surface area (Å²) in [5.41, 5.74) is 3.74. The number of carbonyl (C=O) groups excluding carboxylic acids is 1. The van der Waals surface area contributed by atoms with Gasteiger partial charge in [-0.2, -0.15) is 5.10 Å². The molecule has 6 nitrogen and oxygen atoms in total. The molecule has 0 unspecified atom stereocenters. The van der Waals surface area contributed by atoms with Gasteiger partial charge in [0.2, 0.25) is 0 Å². The van der Waals surface area contributed by atoms with E-state index in [1.807, 2.05) is 0 Å².